The van der Waals surface area contributed by atoms with Gasteiger partial charge in [-0.15, -0.1) is 0 Å². The van der Waals surface area contributed by atoms with Crippen LogP contribution in [0, 0.1) is 5.92 Å². The molecule has 0 unspecified atom stereocenters. The Kier molecular flexibility index (Phi) is 10.3. The first-order chi connectivity index (χ1) is 7.20. The third-order valence-electron chi connectivity index (χ3n) is 2.59. The molecule has 0 bridgehead atoms. The molecule has 0 aromatic heterocycles. The Bertz CT molecular complexity index is 123. The van der Waals surface area contributed by atoms with Gasteiger partial charge in [-0.2, -0.15) is 0 Å². The highest BCUT2D eigenvalue weighted by atomic mass is 16.3. The van der Waals surface area contributed by atoms with Gasteiger partial charge in [-0.05, 0) is 18.9 Å². The van der Waals surface area contributed by atoms with Crippen molar-refractivity contribution in [1.29, 1.82) is 0 Å². The van der Waals surface area contributed by atoms with Crippen molar-refractivity contribution in [3.8, 4) is 0 Å². The molecular weight excluding hydrogens is 190 g/mol. The van der Waals surface area contributed by atoms with Crippen molar-refractivity contribution >= 4 is 0 Å². The minimum Gasteiger partial charge on any atom is -0.395 e. The largest absolute Gasteiger partial charge is 0.395 e. The predicted molar refractivity (Wildman–Crippen MR) is 63.9 cm³/mol. The van der Waals surface area contributed by atoms with Gasteiger partial charge in [-0.25, -0.2) is 0 Å². The maximum Gasteiger partial charge on any atom is 0.0558 e. The van der Waals surface area contributed by atoms with Gasteiger partial charge in [0.1, 0.15) is 0 Å². The van der Waals surface area contributed by atoms with E-state index in [0.29, 0.717) is 13.1 Å². The second-order valence-electron chi connectivity index (χ2n) is 4.53. The van der Waals surface area contributed by atoms with Crippen molar-refractivity contribution < 1.29 is 10.2 Å². The molecule has 3 nitrogen and oxygen atoms in total. The molecule has 0 saturated heterocycles. The Balaban J connectivity index is 3.36. The number of aliphatic hydroxyl groups excluding tert-OH is 2. The highest BCUT2D eigenvalue weighted by Crippen LogP contribution is 2.08. The lowest BCUT2D eigenvalue weighted by atomic mass is 10.1. The molecule has 3 heteroatoms. The number of rotatable bonds is 10. The Hall–Kier alpha value is -0.120. The molecule has 0 atom stereocenters. The summed E-state index contributed by atoms with van der Waals surface area (Å²) >= 11 is 0. The highest BCUT2D eigenvalue weighted by Gasteiger charge is 2.02. The summed E-state index contributed by atoms with van der Waals surface area (Å²) in [5.41, 5.74) is 0. The molecule has 0 aliphatic rings. The Morgan fingerprint density at radius 3 is 1.93 bits per heavy atom. The number of aliphatic hydroxyl groups is 2. The first-order valence-corrected chi connectivity index (χ1v) is 6.14. The van der Waals surface area contributed by atoms with Gasteiger partial charge in [0.15, 0.2) is 0 Å². The van der Waals surface area contributed by atoms with Gasteiger partial charge in [0.25, 0.3) is 0 Å². The van der Waals surface area contributed by atoms with E-state index in [1.165, 1.54) is 25.7 Å². The van der Waals surface area contributed by atoms with Crippen molar-refractivity contribution in [1.82, 2.24) is 4.90 Å². The highest BCUT2D eigenvalue weighted by molar-refractivity contribution is 4.57. The van der Waals surface area contributed by atoms with Crippen molar-refractivity contribution in [2.45, 2.75) is 39.5 Å². The maximum atomic E-state index is 8.82. The first kappa shape index (κ1) is 14.9. The third-order valence-corrected chi connectivity index (χ3v) is 2.59. The van der Waals surface area contributed by atoms with Gasteiger partial charge in [0, 0.05) is 13.1 Å². The third kappa shape index (κ3) is 10.2. The van der Waals surface area contributed by atoms with Crippen LogP contribution >= 0.6 is 0 Å². The molecule has 0 aromatic carbocycles. The topological polar surface area (TPSA) is 43.7 Å². The number of nitrogens with zero attached hydrogens (tertiary/aromatic N) is 1. The Labute approximate surface area is 94.1 Å². The lowest BCUT2D eigenvalue weighted by Gasteiger charge is -2.19. The SMILES string of the molecule is CC(C)CCCCCN(CCO)CCO. The zero-order valence-corrected chi connectivity index (χ0v) is 10.3. The standard InChI is InChI=1S/C12H27NO2/c1-12(2)6-4-3-5-7-13(8-10-14)9-11-15/h12,14-15H,3-11H2,1-2H3. The average molecular weight is 217 g/mol. The summed E-state index contributed by atoms with van der Waals surface area (Å²) in [6, 6.07) is 0. The summed E-state index contributed by atoms with van der Waals surface area (Å²) in [5, 5.41) is 17.6. The Morgan fingerprint density at radius 2 is 1.47 bits per heavy atom. The molecule has 0 rings (SSSR count). The van der Waals surface area contributed by atoms with Crippen LogP contribution in [0.15, 0.2) is 0 Å². The van der Waals surface area contributed by atoms with E-state index in [2.05, 4.69) is 18.7 Å². The van der Waals surface area contributed by atoms with E-state index in [4.69, 9.17) is 10.2 Å². The molecule has 0 radical (unpaired) electrons. The molecule has 0 spiro atoms. The van der Waals surface area contributed by atoms with Crippen molar-refractivity contribution in [3.63, 3.8) is 0 Å². The van der Waals surface area contributed by atoms with Gasteiger partial charge < -0.3 is 10.2 Å². The smallest absolute Gasteiger partial charge is 0.0558 e. The van der Waals surface area contributed by atoms with E-state index in [1.54, 1.807) is 0 Å². The van der Waals surface area contributed by atoms with E-state index in [-0.39, 0.29) is 13.2 Å². The van der Waals surface area contributed by atoms with Crippen LogP contribution in [0.4, 0.5) is 0 Å². The zero-order valence-electron chi connectivity index (χ0n) is 10.3. The van der Waals surface area contributed by atoms with Crippen LogP contribution in [-0.4, -0.2) is 48.0 Å². The molecule has 92 valence electrons. The summed E-state index contributed by atoms with van der Waals surface area (Å²) in [5.74, 6) is 0.802. The van der Waals surface area contributed by atoms with Crippen molar-refractivity contribution in [2.75, 3.05) is 32.8 Å². The fraction of sp³-hybridized carbons (Fsp3) is 1.00. The van der Waals surface area contributed by atoms with E-state index in [9.17, 15) is 0 Å². The van der Waals surface area contributed by atoms with Crippen LogP contribution in [0.2, 0.25) is 0 Å². The second kappa shape index (κ2) is 10.4. The predicted octanol–water partition coefficient (Wildman–Crippen LogP) is 1.49. The van der Waals surface area contributed by atoms with Gasteiger partial charge in [-0.3, -0.25) is 4.90 Å². The van der Waals surface area contributed by atoms with Crippen LogP contribution in [0.5, 0.6) is 0 Å². The van der Waals surface area contributed by atoms with E-state index < -0.39 is 0 Å². The molecule has 0 aliphatic carbocycles. The lowest BCUT2D eigenvalue weighted by molar-refractivity contribution is 0.159. The molecule has 0 aromatic rings. The fourth-order valence-corrected chi connectivity index (χ4v) is 1.68. The van der Waals surface area contributed by atoms with Crippen molar-refractivity contribution in [3.05, 3.63) is 0 Å². The number of hydrogen-bond acceptors (Lipinski definition) is 3. The van der Waals surface area contributed by atoms with Crippen LogP contribution in [0.25, 0.3) is 0 Å². The minimum atomic E-state index is 0.187. The van der Waals surface area contributed by atoms with Gasteiger partial charge in [0.05, 0.1) is 13.2 Å². The summed E-state index contributed by atoms with van der Waals surface area (Å²) in [6.45, 7) is 7.25. The average Bonchev–Trinajstić information content (AvgIpc) is 2.17. The number of hydrogen-bond donors (Lipinski definition) is 2. The van der Waals surface area contributed by atoms with Gasteiger partial charge in [-0.1, -0.05) is 33.1 Å². The van der Waals surface area contributed by atoms with Gasteiger partial charge in [0.2, 0.25) is 0 Å². The van der Waals surface area contributed by atoms with Crippen LogP contribution in [0.1, 0.15) is 39.5 Å². The molecule has 0 saturated carbocycles. The van der Waals surface area contributed by atoms with Crippen LogP contribution in [0.3, 0.4) is 0 Å². The molecule has 0 fully saturated rings. The molecular formula is C12H27NO2. The fourth-order valence-electron chi connectivity index (χ4n) is 1.68. The van der Waals surface area contributed by atoms with E-state index in [1.807, 2.05) is 0 Å². The van der Waals surface area contributed by atoms with Crippen LogP contribution in [-0.2, 0) is 0 Å². The minimum absolute atomic E-state index is 0.187. The van der Waals surface area contributed by atoms with E-state index >= 15 is 0 Å². The number of unbranched alkanes of at least 4 members (excludes halogenated alkanes) is 2. The maximum absolute atomic E-state index is 8.82. The summed E-state index contributed by atoms with van der Waals surface area (Å²) in [7, 11) is 0. The summed E-state index contributed by atoms with van der Waals surface area (Å²) in [6.07, 6.45) is 5.03. The lowest BCUT2D eigenvalue weighted by Crippen LogP contribution is -2.30. The quantitative estimate of drug-likeness (QED) is 0.545. The summed E-state index contributed by atoms with van der Waals surface area (Å²) in [4.78, 5) is 2.12. The van der Waals surface area contributed by atoms with Crippen molar-refractivity contribution in [2.24, 2.45) is 5.92 Å². The van der Waals surface area contributed by atoms with Gasteiger partial charge >= 0.3 is 0 Å². The zero-order chi connectivity index (χ0) is 11.5. The monoisotopic (exact) mass is 217 g/mol. The molecule has 15 heavy (non-hydrogen) atoms. The first-order valence-electron chi connectivity index (χ1n) is 6.14. The van der Waals surface area contributed by atoms with Crippen LogP contribution < -0.4 is 0 Å². The van der Waals surface area contributed by atoms with E-state index in [0.717, 1.165) is 12.5 Å². The molecule has 0 aliphatic heterocycles. The summed E-state index contributed by atoms with van der Waals surface area (Å²) < 4.78 is 0. The molecule has 0 amide bonds. The molecule has 2 N–H and O–H groups in total. The Morgan fingerprint density at radius 1 is 0.867 bits per heavy atom. The second-order valence-corrected chi connectivity index (χ2v) is 4.53. The molecule has 0 heterocycles. The normalized spacial score (nSPS) is 11.6.